The van der Waals surface area contributed by atoms with E-state index >= 15 is 0 Å². The van der Waals surface area contributed by atoms with Crippen molar-refractivity contribution in [2.24, 2.45) is 5.10 Å². The molecule has 118 valence electrons. The molecule has 23 heavy (non-hydrogen) atoms. The lowest BCUT2D eigenvalue weighted by molar-refractivity contribution is -0.384. The maximum atomic E-state index is 12.0. The Morgan fingerprint density at radius 1 is 1.09 bits per heavy atom. The van der Waals surface area contributed by atoms with Gasteiger partial charge in [-0.2, -0.15) is 5.10 Å². The molecular formula is C15H11Cl2N3O3. The average Bonchev–Trinajstić information content (AvgIpc) is 2.54. The molecule has 0 aromatic heterocycles. The predicted octanol–water partition coefficient (Wildman–Crippen LogP) is 4.06. The zero-order valence-corrected chi connectivity index (χ0v) is 13.4. The van der Waals surface area contributed by atoms with Crippen LogP contribution in [0.5, 0.6) is 0 Å². The van der Waals surface area contributed by atoms with E-state index in [0.717, 1.165) is 0 Å². The Kier molecular flexibility index (Phi) is 5.31. The van der Waals surface area contributed by atoms with Gasteiger partial charge in [0.25, 0.3) is 11.6 Å². The molecule has 1 amide bonds. The van der Waals surface area contributed by atoms with Gasteiger partial charge in [0, 0.05) is 17.7 Å². The third-order valence-corrected chi connectivity index (χ3v) is 3.74. The number of nitrogens with one attached hydrogen (secondary N) is 1. The SMILES string of the molecule is CC(=NNC(=O)c1ccc(Cl)c(Cl)c1)c1ccc([N+](=O)[O-])cc1. The number of hydrazone groups is 1. The van der Waals surface area contributed by atoms with E-state index in [1.807, 2.05) is 0 Å². The highest BCUT2D eigenvalue weighted by Crippen LogP contribution is 2.22. The Bertz CT molecular complexity index is 789. The molecule has 0 spiro atoms. The molecule has 2 aromatic rings. The highest BCUT2D eigenvalue weighted by molar-refractivity contribution is 6.42. The number of benzene rings is 2. The molecule has 0 radical (unpaired) electrons. The molecule has 0 aliphatic carbocycles. The van der Waals surface area contributed by atoms with Crippen molar-refractivity contribution < 1.29 is 9.72 Å². The molecule has 0 aliphatic rings. The maximum Gasteiger partial charge on any atom is 0.271 e. The maximum absolute atomic E-state index is 12.0. The first-order chi connectivity index (χ1) is 10.9. The van der Waals surface area contributed by atoms with E-state index in [1.165, 1.54) is 30.3 Å². The number of amides is 1. The van der Waals surface area contributed by atoms with Gasteiger partial charge in [-0.05, 0) is 42.8 Å². The van der Waals surface area contributed by atoms with E-state index in [1.54, 1.807) is 19.1 Å². The lowest BCUT2D eigenvalue weighted by atomic mass is 10.1. The van der Waals surface area contributed by atoms with Crippen LogP contribution >= 0.6 is 23.2 Å². The van der Waals surface area contributed by atoms with E-state index in [-0.39, 0.29) is 10.7 Å². The smallest absolute Gasteiger partial charge is 0.267 e. The largest absolute Gasteiger partial charge is 0.271 e. The molecule has 0 atom stereocenters. The first-order valence-electron chi connectivity index (χ1n) is 6.43. The molecule has 2 aromatic carbocycles. The molecular weight excluding hydrogens is 341 g/mol. The summed E-state index contributed by atoms with van der Waals surface area (Å²) in [5, 5.41) is 15.2. The van der Waals surface area contributed by atoms with Gasteiger partial charge < -0.3 is 0 Å². The van der Waals surface area contributed by atoms with Crippen LogP contribution in [0.2, 0.25) is 10.0 Å². The second kappa shape index (κ2) is 7.21. The molecule has 1 N–H and O–H groups in total. The molecule has 0 aliphatic heterocycles. The first kappa shape index (κ1) is 16.9. The summed E-state index contributed by atoms with van der Waals surface area (Å²) in [5.41, 5.74) is 3.87. The van der Waals surface area contributed by atoms with Crippen molar-refractivity contribution in [1.29, 1.82) is 0 Å². The summed E-state index contributed by atoms with van der Waals surface area (Å²) >= 11 is 11.6. The monoisotopic (exact) mass is 351 g/mol. The molecule has 6 nitrogen and oxygen atoms in total. The van der Waals surface area contributed by atoms with Crippen molar-refractivity contribution in [3.05, 3.63) is 73.8 Å². The number of non-ortho nitro benzene ring substituents is 1. The fourth-order valence-electron chi connectivity index (χ4n) is 1.73. The molecule has 0 heterocycles. The number of nitrogens with zero attached hydrogens (tertiary/aromatic N) is 2. The zero-order chi connectivity index (χ0) is 17.0. The molecule has 0 saturated carbocycles. The number of hydrogen-bond donors (Lipinski definition) is 1. The first-order valence-corrected chi connectivity index (χ1v) is 7.18. The van der Waals surface area contributed by atoms with Crippen molar-refractivity contribution >= 4 is 40.5 Å². The van der Waals surface area contributed by atoms with Crippen molar-refractivity contribution in [2.45, 2.75) is 6.92 Å². The summed E-state index contributed by atoms with van der Waals surface area (Å²) in [6.07, 6.45) is 0. The Labute approximate surface area is 141 Å². The summed E-state index contributed by atoms with van der Waals surface area (Å²) in [6.45, 7) is 1.68. The number of rotatable bonds is 4. The van der Waals surface area contributed by atoms with Crippen LogP contribution in [0.15, 0.2) is 47.6 Å². The van der Waals surface area contributed by atoms with Gasteiger partial charge in [-0.25, -0.2) is 5.43 Å². The quantitative estimate of drug-likeness (QED) is 0.512. The standard InChI is InChI=1S/C15H11Cl2N3O3/c1-9(10-2-5-12(6-3-10)20(22)23)18-19-15(21)11-4-7-13(16)14(17)8-11/h2-8H,1H3,(H,19,21). The van der Waals surface area contributed by atoms with Crippen molar-refractivity contribution in [3.63, 3.8) is 0 Å². The summed E-state index contributed by atoms with van der Waals surface area (Å²) < 4.78 is 0. The number of nitro benzene ring substituents is 1. The van der Waals surface area contributed by atoms with Crippen LogP contribution in [0.25, 0.3) is 0 Å². The third-order valence-electron chi connectivity index (χ3n) is 3.00. The Hall–Kier alpha value is -2.44. The molecule has 0 saturated heterocycles. The predicted molar refractivity (Wildman–Crippen MR) is 89.2 cm³/mol. The lowest BCUT2D eigenvalue weighted by Crippen LogP contribution is -2.19. The van der Waals surface area contributed by atoms with Gasteiger partial charge in [0.1, 0.15) is 0 Å². The van der Waals surface area contributed by atoms with Crippen LogP contribution < -0.4 is 5.43 Å². The third kappa shape index (κ3) is 4.28. The van der Waals surface area contributed by atoms with Gasteiger partial charge in [-0.3, -0.25) is 14.9 Å². The van der Waals surface area contributed by atoms with Crippen LogP contribution in [-0.2, 0) is 0 Å². The lowest BCUT2D eigenvalue weighted by Gasteiger charge is -2.04. The molecule has 0 bridgehead atoms. The summed E-state index contributed by atoms with van der Waals surface area (Å²) in [6, 6.07) is 10.3. The zero-order valence-electron chi connectivity index (χ0n) is 11.9. The van der Waals surface area contributed by atoms with Crippen LogP contribution in [0, 0.1) is 10.1 Å². The summed E-state index contributed by atoms with van der Waals surface area (Å²) in [4.78, 5) is 22.1. The minimum atomic E-state index is -0.484. The van der Waals surface area contributed by atoms with Gasteiger partial charge in [0.2, 0.25) is 0 Å². The number of nitro groups is 1. The van der Waals surface area contributed by atoms with E-state index in [4.69, 9.17) is 23.2 Å². The number of halogens is 2. The average molecular weight is 352 g/mol. The van der Waals surface area contributed by atoms with Crippen LogP contribution in [-0.4, -0.2) is 16.5 Å². The van der Waals surface area contributed by atoms with E-state index in [2.05, 4.69) is 10.5 Å². The fraction of sp³-hybridized carbons (Fsp3) is 0.0667. The van der Waals surface area contributed by atoms with Gasteiger partial charge in [0.15, 0.2) is 0 Å². The minimum absolute atomic E-state index is 0.0126. The molecule has 2 rings (SSSR count). The van der Waals surface area contributed by atoms with E-state index in [9.17, 15) is 14.9 Å². The summed E-state index contributed by atoms with van der Waals surface area (Å²) in [7, 11) is 0. The van der Waals surface area contributed by atoms with Crippen LogP contribution in [0.1, 0.15) is 22.8 Å². The summed E-state index contributed by atoms with van der Waals surface area (Å²) in [5.74, 6) is -0.440. The topological polar surface area (TPSA) is 84.6 Å². The minimum Gasteiger partial charge on any atom is -0.267 e. The number of carbonyl (C=O) groups excluding carboxylic acids is 1. The highest BCUT2D eigenvalue weighted by atomic mass is 35.5. The number of carbonyl (C=O) groups is 1. The Morgan fingerprint density at radius 3 is 2.26 bits per heavy atom. The Balaban J connectivity index is 2.10. The second-order valence-corrected chi connectivity index (χ2v) is 5.39. The van der Waals surface area contributed by atoms with Crippen LogP contribution in [0.3, 0.4) is 0 Å². The van der Waals surface area contributed by atoms with Crippen molar-refractivity contribution in [1.82, 2.24) is 5.43 Å². The molecule has 0 fully saturated rings. The van der Waals surface area contributed by atoms with Crippen molar-refractivity contribution in [2.75, 3.05) is 0 Å². The van der Waals surface area contributed by atoms with Crippen molar-refractivity contribution in [3.8, 4) is 0 Å². The molecule has 8 heteroatoms. The van der Waals surface area contributed by atoms with E-state index in [0.29, 0.717) is 21.9 Å². The van der Waals surface area contributed by atoms with Gasteiger partial charge in [-0.15, -0.1) is 0 Å². The normalized spacial score (nSPS) is 11.2. The Morgan fingerprint density at radius 2 is 1.70 bits per heavy atom. The number of hydrogen-bond acceptors (Lipinski definition) is 4. The highest BCUT2D eigenvalue weighted by Gasteiger charge is 2.09. The van der Waals surface area contributed by atoms with E-state index < -0.39 is 10.8 Å². The van der Waals surface area contributed by atoms with Gasteiger partial charge in [-0.1, -0.05) is 23.2 Å². The van der Waals surface area contributed by atoms with Gasteiger partial charge >= 0.3 is 0 Å². The molecule has 0 unspecified atom stereocenters. The van der Waals surface area contributed by atoms with Crippen LogP contribution in [0.4, 0.5) is 5.69 Å². The second-order valence-electron chi connectivity index (χ2n) is 4.57. The fourth-order valence-corrected chi connectivity index (χ4v) is 2.02. The van der Waals surface area contributed by atoms with Gasteiger partial charge in [0.05, 0.1) is 20.7 Å².